The lowest BCUT2D eigenvalue weighted by Crippen LogP contribution is -2.47. The van der Waals surface area contributed by atoms with Gasteiger partial charge >= 0.3 is 0 Å². The Balaban J connectivity index is 1.39. The summed E-state index contributed by atoms with van der Waals surface area (Å²) in [5.41, 5.74) is 0.891. The van der Waals surface area contributed by atoms with Crippen LogP contribution in [-0.4, -0.2) is 53.0 Å². The highest BCUT2D eigenvalue weighted by Crippen LogP contribution is 2.20. The van der Waals surface area contributed by atoms with Crippen molar-refractivity contribution in [1.82, 2.24) is 20.2 Å². The van der Waals surface area contributed by atoms with Crippen molar-refractivity contribution in [3.8, 4) is 5.75 Å². The summed E-state index contributed by atoms with van der Waals surface area (Å²) in [5.74, 6) is 3.16. The van der Waals surface area contributed by atoms with Gasteiger partial charge in [0.05, 0.1) is 12.8 Å². The van der Waals surface area contributed by atoms with Gasteiger partial charge in [0.2, 0.25) is 5.95 Å². The number of ether oxygens (including phenoxy) is 1. The molecule has 8 heteroatoms. The Bertz CT molecular complexity index is 881. The largest absolute Gasteiger partial charge is 0.494 e. The van der Waals surface area contributed by atoms with Crippen LogP contribution in [0.2, 0.25) is 0 Å². The molecule has 1 aromatic carbocycles. The summed E-state index contributed by atoms with van der Waals surface area (Å²) in [7, 11) is 0. The Morgan fingerprint density at radius 1 is 0.964 bits per heavy atom. The van der Waals surface area contributed by atoms with Crippen LogP contribution in [0.25, 0.3) is 0 Å². The molecule has 0 spiro atoms. The molecule has 0 saturated carbocycles. The SMILES string of the molecule is CCOc1ccc(Nc2nncc(N3CCN(c4ccccn4)CC3)n2)cc1. The molecule has 28 heavy (non-hydrogen) atoms. The topological polar surface area (TPSA) is 79.3 Å². The molecule has 0 unspecified atom stereocenters. The molecule has 1 aliphatic rings. The average Bonchev–Trinajstić information content (AvgIpc) is 2.76. The van der Waals surface area contributed by atoms with Crippen molar-refractivity contribution in [2.75, 3.05) is 47.9 Å². The number of pyridine rings is 1. The standard InChI is InChI=1S/C20H23N7O/c1-2-28-17-8-6-16(7-9-17)23-20-24-19(15-22-25-20)27-13-11-26(12-14-27)18-5-3-4-10-21-18/h3-10,15H,2,11-14H2,1H3,(H,23,24,25). The van der Waals surface area contributed by atoms with Crippen LogP contribution in [0.15, 0.2) is 54.9 Å². The van der Waals surface area contributed by atoms with Gasteiger partial charge in [0.1, 0.15) is 11.6 Å². The van der Waals surface area contributed by atoms with Crippen molar-refractivity contribution in [3.63, 3.8) is 0 Å². The molecule has 0 amide bonds. The third-order valence-corrected chi connectivity index (χ3v) is 4.54. The van der Waals surface area contributed by atoms with Gasteiger partial charge in [-0.25, -0.2) is 4.98 Å². The summed E-state index contributed by atoms with van der Waals surface area (Å²) >= 11 is 0. The van der Waals surface area contributed by atoms with Crippen LogP contribution < -0.4 is 19.9 Å². The quantitative estimate of drug-likeness (QED) is 0.702. The van der Waals surface area contributed by atoms with Crippen molar-refractivity contribution in [3.05, 3.63) is 54.9 Å². The Morgan fingerprint density at radius 3 is 2.39 bits per heavy atom. The molecule has 1 N–H and O–H groups in total. The van der Waals surface area contributed by atoms with Gasteiger partial charge in [-0.1, -0.05) is 6.07 Å². The van der Waals surface area contributed by atoms with E-state index in [1.165, 1.54) is 0 Å². The summed E-state index contributed by atoms with van der Waals surface area (Å²) in [6, 6.07) is 13.7. The van der Waals surface area contributed by atoms with Crippen LogP contribution in [0.3, 0.4) is 0 Å². The third-order valence-electron chi connectivity index (χ3n) is 4.54. The van der Waals surface area contributed by atoms with Crippen LogP contribution >= 0.6 is 0 Å². The first-order chi connectivity index (χ1) is 13.8. The Kier molecular flexibility index (Phi) is 5.46. The van der Waals surface area contributed by atoms with Crippen molar-refractivity contribution < 1.29 is 4.74 Å². The van der Waals surface area contributed by atoms with E-state index in [1.54, 1.807) is 6.20 Å². The normalized spacial score (nSPS) is 14.0. The van der Waals surface area contributed by atoms with Gasteiger partial charge in [-0.15, -0.1) is 5.10 Å². The van der Waals surface area contributed by atoms with Crippen LogP contribution in [-0.2, 0) is 0 Å². The number of anilines is 4. The van der Waals surface area contributed by atoms with E-state index in [9.17, 15) is 0 Å². The second-order valence-corrected chi connectivity index (χ2v) is 6.38. The van der Waals surface area contributed by atoms with Gasteiger partial charge in [0, 0.05) is 38.1 Å². The molecule has 0 atom stereocenters. The molecule has 144 valence electrons. The van der Waals surface area contributed by atoms with Crippen LogP contribution in [0, 0.1) is 0 Å². The van der Waals surface area contributed by atoms with Gasteiger partial charge in [-0.3, -0.25) is 0 Å². The fourth-order valence-corrected chi connectivity index (χ4v) is 3.14. The summed E-state index contributed by atoms with van der Waals surface area (Å²) in [5, 5.41) is 11.4. The van der Waals surface area contributed by atoms with Crippen molar-refractivity contribution >= 4 is 23.3 Å². The number of piperazine rings is 1. The van der Waals surface area contributed by atoms with Gasteiger partial charge in [0.15, 0.2) is 5.82 Å². The summed E-state index contributed by atoms with van der Waals surface area (Å²) in [6.07, 6.45) is 3.54. The highest BCUT2D eigenvalue weighted by molar-refractivity contribution is 5.56. The molecule has 1 aliphatic heterocycles. The van der Waals surface area contributed by atoms with Crippen molar-refractivity contribution in [2.45, 2.75) is 6.92 Å². The lowest BCUT2D eigenvalue weighted by molar-refractivity contribution is 0.340. The Morgan fingerprint density at radius 2 is 1.71 bits per heavy atom. The minimum absolute atomic E-state index is 0.480. The van der Waals surface area contributed by atoms with Gasteiger partial charge < -0.3 is 19.9 Å². The number of hydrogen-bond acceptors (Lipinski definition) is 8. The number of rotatable bonds is 6. The van der Waals surface area contributed by atoms with E-state index in [2.05, 4.69) is 35.3 Å². The number of hydrogen-bond donors (Lipinski definition) is 1. The van der Waals surface area contributed by atoms with E-state index < -0.39 is 0 Å². The van der Waals surface area contributed by atoms with Gasteiger partial charge in [0.25, 0.3) is 0 Å². The molecule has 2 aromatic heterocycles. The minimum Gasteiger partial charge on any atom is -0.494 e. The highest BCUT2D eigenvalue weighted by atomic mass is 16.5. The molecular weight excluding hydrogens is 354 g/mol. The van der Waals surface area contributed by atoms with Crippen molar-refractivity contribution in [1.29, 1.82) is 0 Å². The second-order valence-electron chi connectivity index (χ2n) is 6.38. The predicted molar refractivity (Wildman–Crippen MR) is 109 cm³/mol. The summed E-state index contributed by atoms with van der Waals surface area (Å²) < 4.78 is 5.46. The smallest absolute Gasteiger partial charge is 0.249 e. The molecule has 3 heterocycles. The van der Waals surface area contributed by atoms with Crippen molar-refractivity contribution in [2.24, 2.45) is 0 Å². The monoisotopic (exact) mass is 377 g/mol. The molecule has 1 saturated heterocycles. The Labute approximate surface area is 164 Å². The molecule has 4 rings (SSSR count). The first kappa shape index (κ1) is 18.0. The van der Waals surface area contributed by atoms with Gasteiger partial charge in [-0.2, -0.15) is 10.1 Å². The van der Waals surface area contributed by atoms with Crippen LogP contribution in [0.5, 0.6) is 5.75 Å². The number of aromatic nitrogens is 4. The molecule has 1 fully saturated rings. The molecule has 0 bridgehead atoms. The zero-order valence-electron chi connectivity index (χ0n) is 15.8. The van der Waals surface area contributed by atoms with E-state index in [-0.39, 0.29) is 0 Å². The fourth-order valence-electron chi connectivity index (χ4n) is 3.14. The lowest BCUT2D eigenvalue weighted by Gasteiger charge is -2.35. The third kappa shape index (κ3) is 4.28. The predicted octanol–water partition coefficient (Wildman–Crippen LogP) is 2.74. The average molecular weight is 377 g/mol. The minimum atomic E-state index is 0.480. The van der Waals surface area contributed by atoms with Crippen LogP contribution in [0.4, 0.5) is 23.3 Å². The zero-order chi connectivity index (χ0) is 19.2. The maximum Gasteiger partial charge on any atom is 0.249 e. The highest BCUT2D eigenvalue weighted by Gasteiger charge is 2.19. The fraction of sp³-hybridized carbons (Fsp3) is 0.300. The van der Waals surface area contributed by atoms with E-state index in [4.69, 9.17) is 4.74 Å². The number of nitrogens with zero attached hydrogens (tertiary/aromatic N) is 6. The molecule has 8 nitrogen and oxygen atoms in total. The van der Waals surface area contributed by atoms with Gasteiger partial charge in [-0.05, 0) is 43.3 Å². The van der Waals surface area contributed by atoms with E-state index in [1.807, 2.05) is 55.6 Å². The van der Waals surface area contributed by atoms with E-state index in [0.717, 1.165) is 49.3 Å². The molecule has 3 aromatic rings. The van der Waals surface area contributed by atoms with E-state index >= 15 is 0 Å². The molecule has 0 aliphatic carbocycles. The zero-order valence-corrected chi connectivity index (χ0v) is 15.8. The van der Waals surface area contributed by atoms with Crippen LogP contribution in [0.1, 0.15) is 6.92 Å². The second kappa shape index (κ2) is 8.51. The first-order valence-electron chi connectivity index (χ1n) is 9.42. The molecule has 0 radical (unpaired) electrons. The van der Waals surface area contributed by atoms with E-state index in [0.29, 0.717) is 12.6 Å². The Hall–Kier alpha value is -3.42. The number of benzene rings is 1. The maximum absolute atomic E-state index is 5.46. The lowest BCUT2D eigenvalue weighted by atomic mass is 10.3. The number of nitrogens with one attached hydrogen (secondary N) is 1. The summed E-state index contributed by atoms with van der Waals surface area (Å²) in [4.78, 5) is 13.6. The molecular formula is C20H23N7O. The maximum atomic E-state index is 5.46. The first-order valence-corrected chi connectivity index (χ1v) is 9.42. The summed E-state index contributed by atoms with van der Waals surface area (Å²) in [6.45, 7) is 6.11.